The van der Waals surface area contributed by atoms with Crippen LogP contribution in [-0.2, 0) is 9.84 Å². The van der Waals surface area contributed by atoms with Crippen LogP contribution in [0.4, 0.5) is 0 Å². The highest BCUT2D eigenvalue weighted by Gasteiger charge is 2.28. The van der Waals surface area contributed by atoms with Gasteiger partial charge in [0.15, 0.2) is 15.8 Å². The highest BCUT2D eigenvalue weighted by molar-refractivity contribution is 14.0. The Morgan fingerprint density at radius 1 is 1.50 bits per heavy atom. The number of hydrogen-bond acceptors (Lipinski definition) is 3. The molecule has 0 aromatic carbocycles. The zero-order valence-corrected chi connectivity index (χ0v) is 12.8. The van der Waals surface area contributed by atoms with Crippen LogP contribution in [0.2, 0.25) is 0 Å². The van der Waals surface area contributed by atoms with E-state index in [9.17, 15) is 8.42 Å². The predicted octanol–water partition coefficient (Wildman–Crippen LogP) is 0.366. The average Bonchev–Trinajstić information content (AvgIpc) is 2.52. The Bertz CT molecular complexity index is 330. The van der Waals surface area contributed by atoms with Gasteiger partial charge in [0.2, 0.25) is 0 Å². The summed E-state index contributed by atoms with van der Waals surface area (Å²) in [5, 5.41) is 6.23. The second-order valence-electron chi connectivity index (χ2n) is 3.74. The van der Waals surface area contributed by atoms with E-state index < -0.39 is 9.84 Å². The molecular formula is C9H20IN3O2S. The number of hydrogen-bond donors (Lipinski definition) is 2. The van der Waals surface area contributed by atoms with Gasteiger partial charge in [-0.05, 0) is 12.8 Å². The molecule has 1 saturated heterocycles. The number of sulfone groups is 1. The minimum atomic E-state index is -2.82. The van der Waals surface area contributed by atoms with Gasteiger partial charge in [0, 0.05) is 19.6 Å². The van der Waals surface area contributed by atoms with Gasteiger partial charge >= 0.3 is 0 Å². The molecule has 1 fully saturated rings. The van der Waals surface area contributed by atoms with Crippen molar-refractivity contribution in [3.63, 3.8) is 0 Å². The first-order valence-electron chi connectivity index (χ1n) is 5.25. The molecule has 0 saturated carbocycles. The smallest absolute Gasteiger partial charge is 0.191 e. The van der Waals surface area contributed by atoms with E-state index in [4.69, 9.17) is 0 Å². The van der Waals surface area contributed by atoms with Gasteiger partial charge in [0.05, 0.1) is 11.5 Å². The molecule has 1 atom stereocenters. The van der Waals surface area contributed by atoms with Crippen molar-refractivity contribution in [2.45, 2.75) is 25.8 Å². The van der Waals surface area contributed by atoms with Crippen molar-refractivity contribution >= 4 is 39.8 Å². The third-order valence-corrected chi connectivity index (χ3v) is 4.11. The van der Waals surface area contributed by atoms with Crippen LogP contribution >= 0.6 is 24.0 Å². The number of halogens is 1. The van der Waals surface area contributed by atoms with Crippen LogP contribution in [-0.4, -0.2) is 45.5 Å². The lowest BCUT2D eigenvalue weighted by Gasteiger charge is -2.15. The van der Waals surface area contributed by atoms with Crippen molar-refractivity contribution in [3.8, 4) is 0 Å². The molecule has 0 aliphatic carbocycles. The Balaban J connectivity index is 0.00000225. The van der Waals surface area contributed by atoms with Crippen LogP contribution in [0.15, 0.2) is 4.99 Å². The molecule has 1 aliphatic rings. The number of rotatable bonds is 3. The molecule has 96 valence electrons. The molecule has 0 bridgehead atoms. The molecule has 1 unspecified atom stereocenters. The highest BCUT2D eigenvalue weighted by Crippen LogP contribution is 2.10. The normalized spacial score (nSPS) is 23.6. The fraction of sp³-hybridized carbons (Fsp3) is 0.889. The summed E-state index contributed by atoms with van der Waals surface area (Å²) < 4.78 is 22.4. The van der Waals surface area contributed by atoms with Crippen LogP contribution in [0, 0.1) is 0 Å². The van der Waals surface area contributed by atoms with Crippen molar-refractivity contribution < 1.29 is 8.42 Å². The summed E-state index contributed by atoms with van der Waals surface area (Å²) in [4.78, 5) is 4.04. The van der Waals surface area contributed by atoms with E-state index in [1.807, 2.05) is 0 Å². The predicted molar refractivity (Wildman–Crippen MR) is 77.3 cm³/mol. The first-order valence-corrected chi connectivity index (χ1v) is 7.07. The van der Waals surface area contributed by atoms with Gasteiger partial charge in [-0.2, -0.15) is 0 Å². The lowest BCUT2D eigenvalue weighted by Crippen LogP contribution is -2.44. The monoisotopic (exact) mass is 361 g/mol. The second kappa shape index (κ2) is 7.31. The number of nitrogens with zero attached hydrogens (tertiary/aromatic N) is 1. The summed E-state index contributed by atoms with van der Waals surface area (Å²) in [6.45, 7) is 2.92. The van der Waals surface area contributed by atoms with Gasteiger partial charge in [-0.3, -0.25) is 4.99 Å². The van der Waals surface area contributed by atoms with Gasteiger partial charge in [-0.25, -0.2) is 8.42 Å². The minimum Gasteiger partial charge on any atom is -0.356 e. The van der Waals surface area contributed by atoms with Crippen LogP contribution in [0.25, 0.3) is 0 Å². The maximum atomic E-state index is 11.2. The summed E-state index contributed by atoms with van der Waals surface area (Å²) in [5.74, 6) is 1.20. The summed E-state index contributed by atoms with van der Waals surface area (Å²) >= 11 is 0. The molecule has 1 heterocycles. The van der Waals surface area contributed by atoms with Gasteiger partial charge in [0.25, 0.3) is 0 Å². The minimum absolute atomic E-state index is 0. The topological polar surface area (TPSA) is 70.6 Å². The molecule has 1 rings (SSSR count). The lowest BCUT2D eigenvalue weighted by molar-refractivity contribution is 0.599. The van der Waals surface area contributed by atoms with E-state index in [2.05, 4.69) is 22.5 Å². The van der Waals surface area contributed by atoms with Gasteiger partial charge in [0.1, 0.15) is 0 Å². The van der Waals surface area contributed by atoms with Crippen molar-refractivity contribution in [1.29, 1.82) is 0 Å². The quantitative estimate of drug-likeness (QED) is 0.433. The Morgan fingerprint density at radius 2 is 2.19 bits per heavy atom. The molecule has 0 aromatic rings. The van der Waals surface area contributed by atoms with Crippen molar-refractivity contribution in [3.05, 3.63) is 0 Å². The van der Waals surface area contributed by atoms with E-state index in [1.54, 1.807) is 7.05 Å². The largest absolute Gasteiger partial charge is 0.356 e. The Hall–Kier alpha value is -0.0500. The van der Waals surface area contributed by atoms with Crippen LogP contribution < -0.4 is 10.6 Å². The van der Waals surface area contributed by atoms with Crippen LogP contribution in [0.3, 0.4) is 0 Å². The van der Waals surface area contributed by atoms with Gasteiger partial charge in [-0.1, -0.05) is 6.92 Å². The summed E-state index contributed by atoms with van der Waals surface area (Å²) in [5.41, 5.74) is 0. The maximum Gasteiger partial charge on any atom is 0.191 e. The van der Waals surface area contributed by atoms with Crippen molar-refractivity contribution in [1.82, 2.24) is 10.6 Å². The summed E-state index contributed by atoms with van der Waals surface area (Å²) in [6, 6.07) is 0.0121. The van der Waals surface area contributed by atoms with E-state index in [0.29, 0.717) is 12.4 Å². The van der Waals surface area contributed by atoms with E-state index in [1.165, 1.54) is 0 Å². The van der Waals surface area contributed by atoms with Gasteiger partial charge < -0.3 is 10.6 Å². The molecular weight excluding hydrogens is 341 g/mol. The molecule has 16 heavy (non-hydrogen) atoms. The molecule has 0 amide bonds. The molecule has 0 spiro atoms. The SMILES string of the molecule is CCCNC(=NC)NC1CCS(=O)(=O)C1.I. The van der Waals surface area contributed by atoms with Crippen LogP contribution in [0.5, 0.6) is 0 Å². The highest BCUT2D eigenvalue weighted by atomic mass is 127. The Morgan fingerprint density at radius 3 is 2.62 bits per heavy atom. The van der Waals surface area contributed by atoms with Crippen LogP contribution in [0.1, 0.15) is 19.8 Å². The fourth-order valence-electron chi connectivity index (χ4n) is 1.54. The first kappa shape index (κ1) is 16.0. The summed E-state index contributed by atoms with van der Waals surface area (Å²) in [7, 11) is -1.13. The van der Waals surface area contributed by atoms with Crippen molar-refractivity contribution in [2.24, 2.45) is 4.99 Å². The number of nitrogens with one attached hydrogen (secondary N) is 2. The first-order chi connectivity index (χ1) is 7.07. The van der Waals surface area contributed by atoms with E-state index in [0.717, 1.165) is 13.0 Å². The fourth-order valence-corrected chi connectivity index (χ4v) is 3.21. The number of guanidine groups is 1. The zero-order chi connectivity index (χ0) is 11.3. The Kier molecular flexibility index (Phi) is 7.29. The average molecular weight is 361 g/mol. The van der Waals surface area contributed by atoms with Crippen molar-refractivity contribution in [2.75, 3.05) is 25.1 Å². The molecule has 7 heteroatoms. The molecule has 1 aliphatic heterocycles. The molecule has 0 aromatic heterocycles. The third-order valence-electron chi connectivity index (χ3n) is 2.34. The zero-order valence-electron chi connectivity index (χ0n) is 9.69. The third kappa shape index (κ3) is 5.33. The molecule has 2 N–H and O–H groups in total. The van der Waals surface area contributed by atoms with E-state index in [-0.39, 0.29) is 41.5 Å². The second-order valence-corrected chi connectivity index (χ2v) is 5.97. The molecule has 5 nitrogen and oxygen atoms in total. The number of aliphatic imine (C=N–C) groups is 1. The Labute approximate surface area is 114 Å². The lowest BCUT2D eigenvalue weighted by atomic mass is 10.3. The standard InChI is InChI=1S/C9H19N3O2S.HI/c1-3-5-11-9(10-2)12-8-4-6-15(13,14)7-8;/h8H,3-7H2,1-2H3,(H2,10,11,12);1H. The molecule has 0 radical (unpaired) electrons. The summed E-state index contributed by atoms with van der Waals surface area (Å²) in [6.07, 6.45) is 1.69. The maximum absolute atomic E-state index is 11.2. The van der Waals surface area contributed by atoms with Gasteiger partial charge in [-0.15, -0.1) is 24.0 Å². The van der Waals surface area contributed by atoms with E-state index >= 15 is 0 Å².